The largest absolute Gasteiger partial charge is 0.616 e. The summed E-state index contributed by atoms with van der Waals surface area (Å²) >= 11 is -1.15. The van der Waals surface area contributed by atoms with Crippen LogP contribution in [0.3, 0.4) is 0 Å². The molecule has 146 valence electrons. The standard InChI is InChI=1S/C18H25N5O3S/c1-11(10-24)20-15-9-14(18(2,3)27(4)26)22-16(23-15)12-5-7-13(8-6-12)21-17(19)25/h5-9,11,24H,10H2,1-4H3,(H3,19,21,25)(H,20,22,23)/t11-,27?/m0/s1. The molecule has 1 aromatic carbocycles. The molecule has 0 fully saturated rings. The first-order valence-electron chi connectivity index (χ1n) is 8.41. The van der Waals surface area contributed by atoms with Crippen LogP contribution in [0.15, 0.2) is 30.3 Å². The Morgan fingerprint density at radius 1 is 1.33 bits per heavy atom. The molecule has 9 heteroatoms. The van der Waals surface area contributed by atoms with Crippen LogP contribution < -0.4 is 16.4 Å². The third-order valence-electron chi connectivity index (χ3n) is 4.14. The van der Waals surface area contributed by atoms with Gasteiger partial charge in [0.05, 0.1) is 12.9 Å². The Labute approximate surface area is 161 Å². The van der Waals surface area contributed by atoms with E-state index >= 15 is 0 Å². The minimum Gasteiger partial charge on any atom is -0.616 e. The molecule has 2 atom stereocenters. The van der Waals surface area contributed by atoms with Crippen LogP contribution in [0.4, 0.5) is 16.3 Å². The number of hydrogen-bond acceptors (Lipinski definition) is 6. The third-order valence-corrected chi connectivity index (χ3v) is 5.79. The van der Waals surface area contributed by atoms with Crippen LogP contribution in [0.5, 0.6) is 0 Å². The van der Waals surface area contributed by atoms with Crippen molar-refractivity contribution in [3.63, 3.8) is 0 Å². The average molecular weight is 391 g/mol. The SMILES string of the molecule is C[C@@H](CO)Nc1cc(C(C)(C)[S+](C)[O-])nc(-c2ccc(NC(N)=O)cc2)n1. The molecule has 2 rings (SSSR count). The molecule has 0 spiro atoms. The Hall–Kier alpha value is -2.36. The summed E-state index contributed by atoms with van der Waals surface area (Å²) in [4.78, 5) is 20.1. The first kappa shape index (κ1) is 20.9. The van der Waals surface area contributed by atoms with Crippen LogP contribution in [0.2, 0.25) is 0 Å². The van der Waals surface area contributed by atoms with Crippen molar-refractivity contribution in [1.82, 2.24) is 9.97 Å². The van der Waals surface area contributed by atoms with Crippen molar-refractivity contribution >= 4 is 28.7 Å². The van der Waals surface area contributed by atoms with Gasteiger partial charge in [-0.3, -0.25) is 0 Å². The lowest BCUT2D eigenvalue weighted by Gasteiger charge is -2.26. The Balaban J connectivity index is 2.47. The fraction of sp³-hybridized carbons (Fsp3) is 0.389. The Morgan fingerprint density at radius 3 is 2.48 bits per heavy atom. The van der Waals surface area contributed by atoms with E-state index in [9.17, 15) is 14.5 Å². The van der Waals surface area contributed by atoms with E-state index in [-0.39, 0.29) is 12.6 Å². The third kappa shape index (κ3) is 5.31. The number of hydrogen-bond donors (Lipinski definition) is 4. The Morgan fingerprint density at radius 2 is 1.96 bits per heavy atom. The fourth-order valence-corrected chi connectivity index (χ4v) is 2.65. The smallest absolute Gasteiger partial charge is 0.316 e. The number of aliphatic hydroxyl groups excluding tert-OH is 1. The molecule has 8 nitrogen and oxygen atoms in total. The van der Waals surface area contributed by atoms with Crippen LogP contribution >= 0.6 is 0 Å². The van der Waals surface area contributed by atoms with Crippen LogP contribution in [-0.2, 0) is 15.9 Å². The summed E-state index contributed by atoms with van der Waals surface area (Å²) in [7, 11) is 0. The number of urea groups is 1. The second-order valence-corrected chi connectivity index (χ2v) is 8.65. The van der Waals surface area contributed by atoms with Gasteiger partial charge in [0.1, 0.15) is 11.5 Å². The number of nitrogens with zero attached hydrogens (tertiary/aromatic N) is 2. The Kier molecular flexibility index (Phi) is 6.63. The first-order chi connectivity index (χ1) is 12.6. The molecule has 0 aliphatic rings. The van der Waals surface area contributed by atoms with Crippen LogP contribution in [-0.4, -0.2) is 44.6 Å². The number of amides is 2. The molecule has 27 heavy (non-hydrogen) atoms. The van der Waals surface area contributed by atoms with E-state index in [1.807, 2.05) is 20.8 Å². The quantitative estimate of drug-likeness (QED) is 0.533. The van der Waals surface area contributed by atoms with E-state index < -0.39 is 22.0 Å². The van der Waals surface area contributed by atoms with Gasteiger partial charge in [-0.25, -0.2) is 14.8 Å². The normalized spacial score (nSPS) is 13.7. The summed E-state index contributed by atoms with van der Waals surface area (Å²) in [6.45, 7) is 5.49. The van der Waals surface area contributed by atoms with Gasteiger partial charge in [-0.15, -0.1) is 0 Å². The second kappa shape index (κ2) is 8.55. The van der Waals surface area contributed by atoms with E-state index in [0.717, 1.165) is 5.56 Å². The van der Waals surface area contributed by atoms with Crippen molar-refractivity contribution in [2.24, 2.45) is 5.73 Å². The number of rotatable bonds is 7. The number of carbonyl (C=O) groups is 1. The topological polar surface area (TPSA) is 136 Å². The van der Waals surface area contributed by atoms with E-state index in [1.54, 1.807) is 36.6 Å². The summed E-state index contributed by atoms with van der Waals surface area (Å²) in [5, 5.41) is 14.9. The molecule has 0 bridgehead atoms. The maximum Gasteiger partial charge on any atom is 0.316 e. The minimum atomic E-state index is -1.15. The van der Waals surface area contributed by atoms with Crippen molar-refractivity contribution < 1.29 is 14.5 Å². The van der Waals surface area contributed by atoms with Gasteiger partial charge in [0, 0.05) is 23.4 Å². The molecule has 1 unspecified atom stereocenters. The van der Waals surface area contributed by atoms with Crippen molar-refractivity contribution in [2.45, 2.75) is 31.6 Å². The molecule has 0 saturated heterocycles. The lowest BCUT2D eigenvalue weighted by molar-refractivity contribution is 0.259. The molecular formula is C18H25N5O3S. The van der Waals surface area contributed by atoms with Gasteiger partial charge in [0.2, 0.25) is 0 Å². The number of benzene rings is 1. The van der Waals surface area contributed by atoms with Crippen LogP contribution in [0.1, 0.15) is 26.5 Å². The van der Waals surface area contributed by atoms with Gasteiger partial charge >= 0.3 is 6.03 Å². The molecular weight excluding hydrogens is 366 g/mol. The predicted octanol–water partition coefficient (Wildman–Crippen LogP) is 2.04. The van der Waals surface area contributed by atoms with Crippen molar-refractivity contribution in [3.05, 3.63) is 36.0 Å². The number of nitrogens with two attached hydrogens (primary N) is 1. The van der Waals surface area contributed by atoms with Gasteiger partial charge in [-0.1, -0.05) is 0 Å². The number of aromatic nitrogens is 2. The van der Waals surface area contributed by atoms with Gasteiger partial charge in [-0.2, -0.15) is 0 Å². The maximum absolute atomic E-state index is 12.2. The van der Waals surface area contributed by atoms with E-state index in [2.05, 4.69) is 20.6 Å². The Bertz CT molecular complexity index is 796. The maximum atomic E-state index is 12.2. The summed E-state index contributed by atoms with van der Waals surface area (Å²) in [5.41, 5.74) is 7.03. The summed E-state index contributed by atoms with van der Waals surface area (Å²) in [5.74, 6) is 0.985. The van der Waals surface area contributed by atoms with Crippen molar-refractivity contribution in [3.8, 4) is 11.4 Å². The lowest BCUT2D eigenvalue weighted by atomic mass is 10.1. The number of carbonyl (C=O) groups excluding carboxylic acids is 1. The van der Waals surface area contributed by atoms with Gasteiger partial charge in [-0.05, 0) is 56.2 Å². The molecule has 5 N–H and O–H groups in total. The number of primary amides is 1. The van der Waals surface area contributed by atoms with E-state index in [0.29, 0.717) is 23.0 Å². The first-order valence-corrected chi connectivity index (χ1v) is 9.96. The minimum absolute atomic E-state index is 0.0503. The van der Waals surface area contributed by atoms with Crippen LogP contribution in [0.25, 0.3) is 11.4 Å². The van der Waals surface area contributed by atoms with E-state index in [1.165, 1.54) is 0 Å². The van der Waals surface area contributed by atoms with Crippen molar-refractivity contribution in [1.29, 1.82) is 0 Å². The number of nitrogens with one attached hydrogen (secondary N) is 2. The highest BCUT2D eigenvalue weighted by Crippen LogP contribution is 2.31. The highest BCUT2D eigenvalue weighted by molar-refractivity contribution is 7.91. The van der Waals surface area contributed by atoms with Gasteiger partial charge in [0.25, 0.3) is 0 Å². The van der Waals surface area contributed by atoms with Gasteiger partial charge in [0.15, 0.2) is 10.6 Å². The lowest BCUT2D eigenvalue weighted by Crippen LogP contribution is -2.30. The molecule has 2 amide bonds. The summed E-state index contributed by atoms with van der Waals surface area (Å²) in [6.07, 6.45) is 1.63. The molecule has 2 aromatic rings. The number of aliphatic hydroxyl groups is 1. The molecule has 0 aliphatic heterocycles. The number of anilines is 2. The molecule has 0 saturated carbocycles. The van der Waals surface area contributed by atoms with Crippen LogP contribution in [0, 0.1) is 0 Å². The highest BCUT2D eigenvalue weighted by atomic mass is 32.2. The summed E-state index contributed by atoms with van der Waals surface area (Å²) < 4.78 is 11.5. The monoisotopic (exact) mass is 391 g/mol. The van der Waals surface area contributed by atoms with E-state index in [4.69, 9.17) is 5.73 Å². The zero-order valence-electron chi connectivity index (χ0n) is 15.8. The molecule has 1 heterocycles. The predicted molar refractivity (Wildman–Crippen MR) is 108 cm³/mol. The average Bonchev–Trinajstić information content (AvgIpc) is 2.61. The molecule has 0 radical (unpaired) electrons. The fourth-order valence-electron chi connectivity index (χ4n) is 2.25. The zero-order chi connectivity index (χ0) is 20.2. The van der Waals surface area contributed by atoms with Gasteiger partial charge < -0.3 is 26.0 Å². The zero-order valence-corrected chi connectivity index (χ0v) is 16.6. The van der Waals surface area contributed by atoms with Crippen molar-refractivity contribution in [2.75, 3.05) is 23.5 Å². The highest BCUT2D eigenvalue weighted by Gasteiger charge is 2.33. The second-order valence-electron chi connectivity index (χ2n) is 6.72. The summed E-state index contributed by atoms with van der Waals surface area (Å²) in [6, 6.07) is 7.83. The molecule has 1 aromatic heterocycles. The molecule has 0 aliphatic carbocycles.